The molecule has 0 saturated carbocycles. The molecule has 39 heavy (non-hydrogen) atoms. The highest BCUT2D eigenvalue weighted by Crippen LogP contribution is 2.39. The van der Waals surface area contributed by atoms with E-state index < -0.39 is 28.9 Å². The Morgan fingerprint density at radius 2 is 1.36 bits per heavy atom. The lowest BCUT2D eigenvalue weighted by Crippen LogP contribution is -2.30. The zero-order valence-electron chi connectivity index (χ0n) is 22.0. The predicted molar refractivity (Wildman–Crippen MR) is 139 cm³/mol. The average molecular weight is 534 g/mol. The number of fused-ring (bicyclic) bond motifs is 2. The van der Waals surface area contributed by atoms with Crippen LogP contribution < -0.4 is 0 Å². The summed E-state index contributed by atoms with van der Waals surface area (Å²) >= 11 is 0. The lowest BCUT2D eigenvalue weighted by molar-refractivity contribution is -0.136. The molecule has 0 amide bonds. The molecule has 2 atom stereocenters. The minimum atomic E-state index is -4.60. The fourth-order valence-electron chi connectivity index (χ4n) is 4.30. The minimum Gasteiger partial charge on any atom is -0.388 e. The van der Waals surface area contributed by atoms with Gasteiger partial charge in [-0.05, 0) is 71.0 Å². The minimum absolute atomic E-state index is 0.0300. The van der Waals surface area contributed by atoms with Crippen molar-refractivity contribution in [2.75, 3.05) is 0 Å². The monoisotopic (exact) mass is 533 g/mol. The molecule has 0 saturated heterocycles. The van der Waals surface area contributed by atoms with Crippen molar-refractivity contribution < 1.29 is 23.1 Å². The van der Waals surface area contributed by atoms with Crippen molar-refractivity contribution >= 4 is 27.6 Å². The van der Waals surface area contributed by atoms with Crippen LogP contribution in [0.25, 0.3) is 21.8 Å². The summed E-state index contributed by atoms with van der Waals surface area (Å²) in [6, 6.07) is 14.1. The molecule has 2 aromatic carbocycles. The number of carbonyl (C=O) groups excluding carboxylic acids is 1. The third-order valence-electron chi connectivity index (χ3n) is 6.89. The summed E-state index contributed by atoms with van der Waals surface area (Å²) in [6.07, 6.45) is -1.32. The molecule has 10 heteroatoms. The first-order chi connectivity index (χ1) is 18.2. The fraction of sp³-hybridized carbons (Fsp3) is 0.310. The van der Waals surface area contributed by atoms with Gasteiger partial charge in [0.2, 0.25) is 0 Å². The molecular formula is C29H26F3N5O2. The third kappa shape index (κ3) is 5.50. The van der Waals surface area contributed by atoms with Crippen molar-refractivity contribution in [1.29, 1.82) is 15.8 Å². The Hall–Kier alpha value is -4.59. The lowest BCUT2D eigenvalue weighted by Gasteiger charge is -2.28. The van der Waals surface area contributed by atoms with E-state index in [1.54, 1.807) is 55.8 Å². The molecule has 0 radical (unpaired) electrons. The number of rotatable bonds is 4. The van der Waals surface area contributed by atoms with Gasteiger partial charge in [-0.25, -0.2) is 0 Å². The highest BCUT2D eigenvalue weighted by Gasteiger charge is 2.37. The molecule has 4 aromatic rings. The first-order valence-corrected chi connectivity index (χ1v) is 11.9. The SMILES string of the molecule is CC(=O)C(C)n1ccc2c(C#N)c(C#N)ccc21.CC(n1ccc2c(C(F)(F)F)c(C#N)ccc21)C(C)(C)O. The van der Waals surface area contributed by atoms with Gasteiger partial charge in [0.15, 0.2) is 5.78 Å². The van der Waals surface area contributed by atoms with Gasteiger partial charge in [-0.1, -0.05) is 0 Å². The number of aliphatic hydroxyl groups is 1. The Morgan fingerprint density at radius 1 is 0.846 bits per heavy atom. The lowest BCUT2D eigenvalue weighted by atomic mass is 9.99. The molecule has 4 rings (SSSR count). The van der Waals surface area contributed by atoms with Crippen molar-refractivity contribution in [2.24, 2.45) is 0 Å². The smallest absolute Gasteiger partial charge is 0.388 e. The van der Waals surface area contributed by atoms with Gasteiger partial charge in [-0.2, -0.15) is 29.0 Å². The van der Waals surface area contributed by atoms with Crippen LogP contribution in [0, 0.1) is 34.0 Å². The number of halogens is 3. The van der Waals surface area contributed by atoms with Crippen LogP contribution in [0.5, 0.6) is 0 Å². The standard InChI is InChI=1S/C15H15F3N2O.C14H11N3O/c1-9(14(2,3)21)20-7-6-11-12(20)5-4-10(8-19)13(11)15(16,17)18;1-9(10(2)18)17-6-5-12-13(8-16)11(7-15)3-4-14(12)17/h4-7,9,21H,1-3H3;3-6,9H,1-2H3. The van der Waals surface area contributed by atoms with E-state index in [1.807, 2.05) is 17.6 Å². The Kier molecular flexibility index (Phi) is 7.91. The van der Waals surface area contributed by atoms with E-state index in [0.717, 1.165) is 5.52 Å². The number of Topliss-reactive ketones (excluding diaryl/α,β-unsaturated/α-hetero) is 1. The summed E-state index contributed by atoms with van der Waals surface area (Å²) in [6.45, 7) is 8.26. The van der Waals surface area contributed by atoms with Gasteiger partial charge in [0.05, 0.1) is 51.5 Å². The highest BCUT2D eigenvalue weighted by molar-refractivity contribution is 5.90. The number of nitriles is 3. The largest absolute Gasteiger partial charge is 0.418 e. The number of alkyl halides is 3. The van der Waals surface area contributed by atoms with Crippen molar-refractivity contribution in [3.63, 3.8) is 0 Å². The molecule has 2 unspecified atom stereocenters. The van der Waals surface area contributed by atoms with Gasteiger partial charge in [0, 0.05) is 28.7 Å². The van der Waals surface area contributed by atoms with Gasteiger partial charge in [0.1, 0.15) is 12.1 Å². The second-order valence-electron chi connectivity index (χ2n) is 9.74. The molecule has 0 spiro atoms. The number of benzene rings is 2. The van der Waals surface area contributed by atoms with Gasteiger partial charge >= 0.3 is 6.18 Å². The van der Waals surface area contributed by atoms with Gasteiger partial charge in [0.25, 0.3) is 0 Å². The zero-order valence-corrected chi connectivity index (χ0v) is 22.0. The van der Waals surface area contributed by atoms with Crippen LogP contribution in [-0.4, -0.2) is 25.6 Å². The molecule has 0 fully saturated rings. The van der Waals surface area contributed by atoms with E-state index in [1.165, 1.54) is 31.3 Å². The maximum Gasteiger partial charge on any atom is 0.418 e. The first-order valence-electron chi connectivity index (χ1n) is 11.9. The predicted octanol–water partition coefficient (Wildman–Crippen LogP) is 6.40. The van der Waals surface area contributed by atoms with Gasteiger partial charge in [-0.3, -0.25) is 4.79 Å². The number of hydrogen-bond acceptors (Lipinski definition) is 5. The number of hydrogen-bond donors (Lipinski definition) is 1. The van der Waals surface area contributed by atoms with Crippen molar-refractivity contribution in [1.82, 2.24) is 9.13 Å². The van der Waals surface area contributed by atoms with E-state index >= 15 is 0 Å². The molecule has 200 valence electrons. The normalized spacial score (nSPS) is 13.1. The molecular weight excluding hydrogens is 507 g/mol. The molecule has 0 aliphatic heterocycles. The van der Waals surface area contributed by atoms with E-state index in [-0.39, 0.29) is 17.2 Å². The van der Waals surface area contributed by atoms with Crippen LogP contribution in [0.2, 0.25) is 0 Å². The summed E-state index contributed by atoms with van der Waals surface area (Å²) in [5.41, 5.74) is -0.544. The van der Waals surface area contributed by atoms with Gasteiger partial charge in [-0.15, -0.1) is 0 Å². The molecule has 0 aliphatic rings. The molecule has 2 aromatic heterocycles. The van der Waals surface area contributed by atoms with Crippen LogP contribution in [0.3, 0.4) is 0 Å². The topological polar surface area (TPSA) is 119 Å². The summed E-state index contributed by atoms with van der Waals surface area (Å²) in [5, 5.41) is 37.7. The maximum absolute atomic E-state index is 13.2. The van der Waals surface area contributed by atoms with Crippen LogP contribution in [0.1, 0.15) is 69.0 Å². The Morgan fingerprint density at radius 3 is 1.85 bits per heavy atom. The van der Waals surface area contributed by atoms with Crippen molar-refractivity contribution in [3.8, 4) is 18.2 Å². The molecule has 7 nitrogen and oxygen atoms in total. The summed E-state index contributed by atoms with van der Waals surface area (Å²) < 4.78 is 43.0. The Bertz CT molecular complexity index is 1690. The number of carbonyl (C=O) groups is 1. The average Bonchev–Trinajstić information content (AvgIpc) is 3.49. The number of ketones is 1. The van der Waals surface area contributed by atoms with E-state index in [0.29, 0.717) is 22.0 Å². The van der Waals surface area contributed by atoms with Gasteiger partial charge < -0.3 is 14.2 Å². The Labute approximate surface area is 223 Å². The maximum atomic E-state index is 13.2. The summed E-state index contributed by atoms with van der Waals surface area (Å²) in [4.78, 5) is 11.4. The molecule has 0 bridgehead atoms. The summed E-state index contributed by atoms with van der Waals surface area (Å²) in [5.74, 6) is 0.0513. The van der Waals surface area contributed by atoms with E-state index in [2.05, 4.69) is 6.07 Å². The summed E-state index contributed by atoms with van der Waals surface area (Å²) in [7, 11) is 0. The van der Waals surface area contributed by atoms with Crippen LogP contribution >= 0.6 is 0 Å². The molecule has 0 aliphatic carbocycles. The van der Waals surface area contributed by atoms with Crippen molar-refractivity contribution in [2.45, 2.75) is 58.5 Å². The quantitative estimate of drug-likeness (QED) is 0.326. The number of nitrogens with zero attached hydrogens (tertiary/aromatic N) is 5. The zero-order chi connectivity index (χ0) is 29.3. The molecule has 1 N–H and O–H groups in total. The van der Waals surface area contributed by atoms with Crippen molar-refractivity contribution in [3.05, 3.63) is 71.0 Å². The third-order valence-corrected chi connectivity index (χ3v) is 6.89. The van der Waals surface area contributed by atoms with E-state index in [9.17, 15) is 23.1 Å². The van der Waals surface area contributed by atoms with E-state index in [4.69, 9.17) is 15.8 Å². The van der Waals surface area contributed by atoms with Crippen LogP contribution in [0.4, 0.5) is 13.2 Å². The number of aromatic nitrogens is 2. The second kappa shape index (κ2) is 10.6. The first kappa shape index (κ1) is 29.0. The van der Waals surface area contributed by atoms with Crippen LogP contribution in [-0.2, 0) is 11.0 Å². The second-order valence-corrected chi connectivity index (χ2v) is 9.74. The Balaban J connectivity index is 0.000000218. The highest BCUT2D eigenvalue weighted by atomic mass is 19.4. The fourth-order valence-corrected chi connectivity index (χ4v) is 4.30. The van der Waals surface area contributed by atoms with Crippen LogP contribution in [0.15, 0.2) is 48.8 Å². The molecule has 2 heterocycles.